The molecule has 0 bridgehead atoms. The second-order valence-electron chi connectivity index (χ2n) is 7.87. The highest BCUT2D eigenvalue weighted by Crippen LogP contribution is 2.30. The molecule has 1 heterocycles. The highest BCUT2D eigenvalue weighted by molar-refractivity contribution is 6.01. The number of nitrogens with one attached hydrogen (secondary N) is 3. The lowest BCUT2D eigenvalue weighted by molar-refractivity contribution is -0.384. The summed E-state index contributed by atoms with van der Waals surface area (Å²) in [6.45, 7) is 0. The quantitative estimate of drug-likeness (QED) is 0.225. The molecule has 0 fully saturated rings. The summed E-state index contributed by atoms with van der Waals surface area (Å²) in [6, 6.07) is 14.0. The lowest BCUT2D eigenvalue weighted by Crippen LogP contribution is -2.20. The van der Waals surface area contributed by atoms with Gasteiger partial charge in [0.1, 0.15) is 0 Å². The van der Waals surface area contributed by atoms with Gasteiger partial charge in [0.15, 0.2) is 0 Å². The van der Waals surface area contributed by atoms with Crippen molar-refractivity contribution in [2.24, 2.45) is 0 Å². The van der Waals surface area contributed by atoms with E-state index in [1.54, 1.807) is 36.4 Å². The zero-order valence-electron chi connectivity index (χ0n) is 18.9. The van der Waals surface area contributed by atoms with Gasteiger partial charge >= 0.3 is 12.2 Å². The molecule has 4 aromatic rings. The summed E-state index contributed by atoms with van der Waals surface area (Å²) in [5.41, 5.74) is 0.104. The maximum Gasteiger partial charge on any atom is 0.416 e. The molecule has 0 saturated heterocycles. The molecule has 0 aliphatic carbocycles. The topological polar surface area (TPSA) is 130 Å². The Bertz CT molecular complexity index is 1560. The molecule has 0 aliphatic rings. The molecule has 0 aliphatic heterocycles. The number of fused-ring (bicyclic) bond motifs is 1. The van der Waals surface area contributed by atoms with Gasteiger partial charge in [-0.25, -0.2) is 9.89 Å². The van der Waals surface area contributed by atoms with Gasteiger partial charge in [-0.1, -0.05) is 24.3 Å². The molecule has 1 aromatic heterocycles. The average Bonchev–Trinajstić information content (AvgIpc) is 2.85. The minimum Gasteiger partial charge on any atom is -0.308 e. The van der Waals surface area contributed by atoms with E-state index in [2.05, 4.69) is 20.8 Å². The number of benzene rings is 3. The Kier molecular flexibility index (Phi) is 7.00. The van der Waals surface area contributed by atoms with Crippen LogP contribution >= 0.6 is 0 Å². The van der Waals surface area contributed by atoms with Crippen molar-refractivity contribution in [3.63, 3.8) is 0 Å². The van der Waals surface area contributed by atoms with Crippen LogP contribution in [0.15, 0.2) is 77.6 Å². The van der Waals surface area contributed by atoms with Crippen LogP contribution in [0.5, 0.6) is 0 Å². The maximum absolute atomic E-state index is 12.9. The first-order chi connectivity index (χ1) is 17.6. The number of non-ortho nitro benzene ring substituents is 1. The van der Waals surface area contributed by atoms with Crippen molar-refractivity contribution in [3.8, 4) is 0 Å². The minimum atomic E-state index is -4.55. The molecule has 12 heteroatoms. The number of anilines is 2. The van der Waals surface area contributed by atoms with Gasteiger partial charge in [0.25, 0.3) is 11.2 Å². The number of carbonyl (C=O) groups excluding carboxylic acids is 1. The number of aromatic nitrogens is 2. The third-order valence-corrected chi connectivity index (χ3v) is 5.30. The summed E-state index contributed by atoms with van der Waals surface area (Å²) in [7, 11) is 0. The van der Waals surface area contributed by atoms with E-state index >= 15 is 0 Å². The number of rotatable bonds is 6. The minimum absolute atomic E-state index is 0.0154. The summed E-state index contributed by atoms with van der Waals surface area (Å²) in [4.78, 5) is 34.9. The Balaban J connectivity index is 1.48. The SMILES string of the molecule is O=C(Nc1cccc(C(F)(F)F)c1)Nc1ccc2c(C/C=C/c3ccc([N+](=O)[O-])cc3)n[nH]c(=O)c2c1. The van der Waals surface area contributed by atoms with Crippen LogP contribution in [0, 0.1) is 10.1 Å². The first kappa shape index (κ1) is 25.1. The van der Waals surface area contributed by atoms with Crippen LogP contribution in [0.3, 0.4) is 0 Å². The standard InChI is InChI=1S/C25H18F3N5O4/c26-25(27,28)16-4-2-5-17(13-16)29-24(35)30-18-9-12-20-21(14-18)23(34)32-31-22(20)6-1-3-15-7-10-19(11-8-15)33(36)37/h1-5,7-14H,6H2,(H,32,34)(H2,29,30,35)/b3-1+. The van der Waals surface area contributed by atoms with Crippen LogP contribution in [-0.2, 0) is 12.6 Å². The van der Waals surface area contributed by atoms with E-state index in [-0.39, 0.29) is 22.4 Å². The number of H-pyrrole nitrogens is 1. The fourth-order valence-corrected chi connectivity index (χ4v) is 3.54. The summed E-state index contributed by atoms with van der Waals surface area (Å²) < 4.78 is 38.7. The van der Waals surface area contributed by atoms with Crippen LogP contribution < -0.4 is 16.2 Å². The van der Waals surface area contributed by atoms with E-state index in [9.17, 15) is 32.9 Å². The molecule has 2 amide bonds. The second-order valence-corrected chi connectivity index (χ2v) is 7.87. The Morgan fingerprint density at radius 2 is 1.70 bits per heavy atom. The number of nitrogens with zero attached hydrogens (tertiary/aromatic N) is 2. The van der Waals surface area contributed by atoms with E-state index in [0.717, 1.165) is 17.7 Å². The number of nitro benzene ring substituents is 1. The van der Waals surface area contributed by atoms with Gasteiger partial charge < -0.3 is 10.6 Å². The number of carbonyl (C=O) groups is 1. The number of allylic oxidation sites excluding steroid dienone is 1. The van der Waals surface area contributed by atoms with Gasteiger partial charge in [0.05, 0.1) is 21.6 Å². The first-order valence-corrected chi connectivity index (χ1v) is 10.8. The lowest BCUT2D eigenvalue weighted by Gasteiger charge is -2.11. The van der Waals surface area contributed by atoms with Crippen LogP contribution in [0.2, 0.25) is 0 Å². The van der Waals surface area contributed by atoms with Gasteiger partial charge in [-0.05, 0) is 48.0 Å². The van der Waals surface area contributed by atoms with Gasteiger partial charge in [0, 0.05) is 35.3 Å². The van der Waals surface area contributed by atoms with Crippen molar-refractivity contribution in [3.05, 3.63) is 110 Å². The van der Waals surface area contributed by atoms with E-state index in [1.807, 2.05) is 0 Å². The number of aromatic amines is 1. The molecule has 3 N–H and O–H groups in total. The molecule has 0 saturated carbocycles. The molecule has 9 nitrogen and oxygen atoms in total. The lowest BCUT2D eigenvalue weighted by atomic mass is 10.1. The van der Waals surface area contributed by atoms with E-state index in [0.29, 0.717) is 17.5 Å². The summed E-state index contributed by atoms with van der Waals surface area (Å²) in [6.07, 6.45) is -0.657. The van der Waals surface area contributed by atoms with Crippen molar-refractivity contribution in [2.45, 2.75) is 12.6 Å². The molecular weight excluding hydrogens is 491 g/mol. The normalized spacial score (nSPS) is 11.5. The Morgan fingerprint density at radius 3 is 2.38 bits per heavy atom. The average molecular weight is 509 g/mol. The van der Waals surface area contributed by atoms with Gasteiger partial charge in [0.2, 0.25) is 0 Å². The monoisotopic (exact) mass is 509 g/mol. The van der Waals surface area contributed by atoms with Gasteiger partial charge in [-0.3, -0.25) is 14.9 Å². The third-order valence-electron chi connectivity index (χ3n) is 5.30. The van der Waals surface area contributed by atoms with Crippen molar-refractivity contribution in [1.29, 1.82) is 0 Å². The van der Waals surface area contributed by atoms with E-state index in [4.69, 9.17) is 0 Å². The van der Waals surface area contributed by atoms with Crippen LogP contribution in [0.1, 0.15) is 16.8 Å². The smallest absolute Gasteiger partial charge is 0.308 e. The van der Waals surface area contributed by atoms with E-state index in [1.165, 1.54) is 30.3 Å². The molecule has 4 rings (SSSR count). The summed E-state index contributed by atoms with van der Waals surface area (Å²) in [5.74, 6) is 0. The zero-order valence-corrected chi connectivity index (χ0v) is 18.9. The summed E-state index contributed by atoms with van der Waals surface area (Å²) >= 11 is 0. The van der Waals surface area contributed by atoms with Crippen LogP contribution in [0.25, 0.3) is 16.8 Å². The number of alkyl halides is 3. The number of hydrogen-bond donors (Lipinski definition) is 3. The van der Waals surface area contributed by atoms with Crippen molar-refractivity contribution in [1.82, 2.24) is 10.2 Å². The second kappa shape index (κ2) is 10.3. The number of halogens is 3. The van der Waals surface area contributed by atoms with Crippen molar-refractivity contribution < 1.29 is 22.9 Å². The number of urea groups is 1. The van der Waals surface area contributed by atoms with E-state index < -0.39 is 28.3 Å². The Hall–Kier alpha value is -5.00. The van der Waals surface area contributed by atoms with Gasteiger partial charge in [-0.15, -0.1) is 0 Å². The maximum atomic E-state index is 12.9. The van der Waals surface area contributed by atoms with Crippen LogP contribution in [-0.4, -0.2) is 21.2 Å². The zero-order chi connectivity index (χ0) is 26.6. The molecule has 0 unspecified atom stereocenters. The molecule has 3 aromatic carbocycles. The Labute approximate surface area is 206 Å². The molecule has 0 radical (unpaired) electrons. The van der Waals surface area contributed by atoms with Gasteiger partial charge in [-0.2, -0.15) is 18.3 Å². The summed E-state index contributed by atoms with van der Waals surface area (Å²) in [5, 5.41) is 22.9. The number of nitro groups is 1. The Morgan fingerprint density at radius 1 is 1.00 bits per heavy atom. The molecule has 37 heavy (non-hydrogen) atoms. The van der Waals surface area contributed by atoms with Crippen molar-refractivity contribution in [2.75, 3.05) is 10.6 Å². The van der Waals surface area contributed by atoms with Crippen molar-refractivity contribution >= 4 is 39.9 Å². The predicted octanol–water partition coefficient (Wildman–Crippen LogP) is 5.75. The molecular formula is C25H18F3N5O4. The first-order valence-electron chi connectivity index (χ1n) is 10.8. The molecule has 188 valence electrons. The fraction of sp³-hybridized carbons (Fsp3) is 0.0800. The highest BCUT2D eigenvalue weighted by Gasteiger charge is 2.30. The molecule has 0 atom stereocenters. The highest BCUT2D eigenvalue weighted by atomic mass is 19.4. The van der Waals surface area contributed by atoms with Crippen LogP contribution in [0.4, 0.5) is 35.0 Å². The third kappa shape index (κ3) is 6.17. The number of amides is 2. The largest absolute Gasteiger partial charge is 0.416 e. The fourth-order valence-electron chi connectivity index (χ4n) is 3.54. The number of hydrogen-bond acceptors (Lipinski definition) is 5. The molecule has 0 spiro atoms. The predicted molar refractivity (Wildman–Crippen MR) is 132 cm³/mol.